The van der Waals surface area contributed by atoms with Crippen LogP contribution in [-0.4, -0.2) is 6.04 Å². The summed E-state index contributed by atoms with van der Waals surface area (Å²) in [5.74, 6) is 1.25. The molecule has 0 saturated carbocycles. The van der Waals surface area contributed by atoms with Crippen molar-refractivity contribution in [2.24, 2.45) is 11.8 Å². The van der Waals surface area contributed by atoms with E-state index >= 15 is 0 Å². The summed E-state index contributed by atoms with van der Waals surface area (Å²) in [5.41, 5.74) is 0.791. The lowest BCUT2D eigenvalue weighted by Gasteiger charge is -2.24. The predicted molar refractivity (Wildman–Crippen MR) is 87.8 cm³/mol. The molecular formula is C15H22Cl3N. The van der Waals surface area contributed by atoms with Crippen molar-refractivity contribution in [2.75, 3.05) is 5.32 Å². The number of hydrogen-bond donors (Lipinski definition) is 1. The van der Waals surface area contributed by atoms with Gasteiger partial charge in [-0.1, -0.05) is 62.5 Å². The molecule has 1 N–H and O–H groups in total. The zero-order valence-corrected chi connectivity index (χ0v) is 14.2. The van der Waals surface area contributed by atoms with Crippen molar-refractivity contribution in [2.45, 2.75) is 46.6 Å². The first-order chi connectivity index (χ1) is 8.79. The molecular weight excluding hydrogens is 301 g/mol. The molecule has 108 valence electrons. The molecule has 0 radical (unpaired) electrons. The smallest absolute Gasteiger partial charge is 0.0722 e. The number of halogens is 3. The van der Waals surface area contributed by atoms with Crippen LogP contribution in [0.1, 0.15) is 40.5 Å². The van der Waals surface area contributed by atoms with Crippen molar-refractivity contribution in [3.63, 3.8) is 0 Å². The third-order valence-corrected chi connectivity index (χ3v) is 3.68. The van der Waals surface area contributed by atoms with E-state index < -0.39 is 0 Å². The molecule has 0 bridgehead atoms. The average Bonchev–Trinajstić information content (AvgIpc) is 2.21. The maximum atomic E-state index is 6.22. The predicted octanol–water partition coefficient (Wildman–Crippen LogP) is 6.52. The van der Waals surface area contributed by atoms with E-state index in [-0.39, 0.29) is 0 Å². The summed E-state index contributed by atoms with van der Waals surface area (Å²) in [6, 6.07) is 3.81. The van der Waals surface area contributed by atoms with E-state index in [0.29, 0.717) is 32.9 Å². The van der Waals surface area contributed by atoms with E-state index in [1.807, 2.05) is 0 Å². The highest BCUT2D eigenvalue weighted by Gasteiger charge is 2.16. The van der Waals surface area contributed by atoms with Gasteiger partial charge in [-0.15, -0.1) is 0 Å². The molecule has 0 heterocycles. The maximum Gasteiger partial charge on any atom is 0.0722 e. The first kappa shape index (κ1) is 16.9. The Hall–Kier alpha value is -0.110. The molecule has 4 heteroatoms. The summed E-state index contributed by atoms with van der Waals surface area (Å²) in [6.45, 7) is 8.89. The van der Waals surface area contributed by atoms with Crippen molar-refractivity contribution in [1.29, 1.82) is 0 Å². The van der Waals surface area contributed by atoms with Gasteiger partial charge in [0.05, 0.1) is 15.7 Å². The highest BCUT2D eigenvalue weighted by molar-refractivity contribution is 6.41. The summed E-state index contributed by atoms with van der Waals surface area (Å²) in [5, 5.41) is 5.20. The van der Waals surface area contributed by atoms with Crippen LogP contribution in [0.15, 0.2) is 12.1 Å². The topological polar surface area (TPSA) is 12.0 Å². The molecule has 19 heavy (non-hydrogen) atoms. The van der Waals surface area contributed by atoms with Crippen LogP contribution in [0.5, 0.6) is 0 Å². The van der Waals surface area contributed by atoms with E-state index in [0.717, 1.165) is 18.5 Å². The zero-order chi connectivity index (χ0) is 14.6. The normalized spacial score (nSPS) is 11.7. The molecule has 0 fully saturated rings. The van der Waals surface area contributed by atoms with Crippen molar-refractivity contribution in [1.82, 2.24) is 0 Å². The Bertz CT molecular complexity index is 383. The Balaban J connectivity index is 2.89. The summed E-state index contributed by atoms with van der Waals surface area (Å²) in [4.78, 5) is 0. The van der Waals surface area contributed by atoms with Gasteiger partial charge in [-0.3, -0.25) is 0 Å². The first-order valence-electron chi connectivity index (χ1n) is 6.70. The van der Waals surface area contributed by atoms with Gasteiger partial charge in [-0.05, 0) is 36.8 Å². The van der Waals surface area contributed by atoms with Crippen LogP contribution in [0, 0.1) is 11.8 Å². The third-order valence-electron chi connectivity index (χ3n) is 2.87. The van der Waals surface area contributed by atoms with Crippen LogP contribution in [-0.2, 0) is 0 Å². The Morgan fingerprint density at radius 1 is 0.895 bits per heavy atom. The lowest BCUT2D eigenvalue weighted by atomic mass is 9.95. The van der Waals surface area contributed by atoms with Gasteiger partial charge in [-0.25, -0.2) is 0 Å². The molecule has 0 aliphatic rings. The molecule has 1 rings (SSSR count). The van der Waals surface area contributed by atoms with Gasteiger partial charge in [0.15, 0.2) is 0 Å². The molecule has 1 aromatic rings. The molecule has 0 amide bonds. The van der Waals surface area contributed by atoms with Crippen LogP contribution in [0.4, 0.5) is 5.69 Å². The molecule has 0 saturated heterocycles. The summed E-state index contributed by atoms with van der Waals surface area (Å²) < 4.78 is 0. The Morgan fingerprint density at radius 3 is 1.68 bits per heavy atom. The van der Waals surface area contributed by atoms with Crippen LogP contribution >= 0.6 is 34.8 Å². The fraction of sp³-hybridized carbons (Fsp3) is 0.600. The van der Waals surface area contributed by atoms with E-state index in [4.69, 9.17) is 34.8 Å². The van der Waals surface area contributed by atoms with Crippen molar-refractivity contribution in [3.8, 4) is 0 Å². The summed E-state index contributed by atoms with van der Waals surface area (Å²) >= 11 is 18.4. The Labute approximate surface area is 131 Å². The second kappa shape index (κ2) is 7.61. The molecule has 0 aliphatic carbocycles. The largest absolute Gasteiger partial charge is 0.380 e. The van der Waals surface area contributed by atoms with Crippen LogP contribution < -0.4 is 5.32 Å². The highest BCUT2D eigenvalue weighted by Crippen LogP contribution is 2.35. The second-order valence-corrected chi connectivity index (χ2v) is 7.10. The molecule has 0 aromatic heterocycles. The van der Waals surface area contributed by atoms with Gasteiger partial charge in [-0.2, -0.15) is 0 Å². The first-order valence-corrected chi connectivity index (χ1v) is 7.84. The van der Waals surface area contributed by atoms with Gasteiger partial charge in [0.2, 0.25) is 0 Å². The number of hydrogen-bond acceptors (Lipinski definition) is 1. The maximum absolute atomic E-state index is 6.22. The van der Waals surface area contributed by atoms with E-state index in [1.54, 1.807) is 12.1 Å². The molecule has 0 unspecified atom stereocenters. The Morgan fingerprint density at radius 2 is 1.32 bits per heavy atom. The van der Waals surface area contributed by atoms with Crippen molar-refractivity contribution < 1.29 is 0 Å². The quantitative estimate of drug-likeness (QED) is 0.628. The van der Waals surface area contributed by atoms with Crippen molar-refractivity contribution in [3.05, 3.63) is 27.2 Å². The van der Waals surface area contributed by atoms with E-state index in [2.05, 4.69) is 33.0 Å². The van der Waals surface area contributed by atoms with E-state index in [9.17, 15) is 0 Å². The summed E-state index contributed by atoms with van der Waals surface area (Å²) in [6.07, 6.45) is 2.18. The minimum Gasteiger partial charge on any atom is -0.380 e. The lowest BCUT2D eigenvalue weighted by molar-refractivity contribution is 0.442. The lowest BCUT2D eigenvalue weighted by Crippen LogP contribution is -2.24. The van der Waals surface area contributed by atoms with Crippen LogP contribution in [0.2, 0.25) is 15.1 Å². The third kappa shape index (κ3) is 5.81. The van der Waals surface area contributed by atoms with Crippen LogP contribution in [0.3, 0.4) is 0 Å². The highest BCUT2D eigenvalue weighted by atomic mass is 35.5. The average molecular weight is 323 g/mol. The molecule has 0 atom stereocenters. The van der Waals surface area contributed by atoms with Crippen LogP contribution in [0.25, 0.3) is 0 Å². The van der Waals surface area contributed by atoms with E-state index in [1.165, 1.54) is 0 Å². The number of anilines is 1. The van der Waals surface area contributed by atoms with Gasteiger partial charge in [0, 0.05) is 11.1 Å². The van der Waals surface area contributed by atoms with Gasteiger partial charge in [0.1, 0.15) is 0 Å². The minimum absolute atomic E-state index is 0.371. The second-order valence-electron chi connectivity index (χ2n) is 5.84. The molecule has 1 nitrogen and oxygen atoms in total. The molecule has 1 aromatic carbocycles. The SMILES string of the molecule is CC(C)CC(CC(C)C)Nc1c(Cl)cc(Cl)cc1Cl. The fourth-order valence-electron chi connectivity index (χ4n) is 2.24. The monoisotopic (exact) mass is 321 g/mol. The standard InChI is InChI=1S/C15H22Cl3N/c1-9(2)5-12(6-10(3)4)19-15-13(17)7-11(16)8-14(15)18/h7-10,12,19H,5-6H2,1-4H3. The number of benzene rings is 1. The fourth-order valence-corrected chi connectivity index (χ4v) is 3.16. The molecule has 0 aliphatic heterocycles. The number of rotatable bonds is 6. The van der Waals surface area contributed by atoms with Gasteiger partial charge >= 0.3 is 0 Å². The molecule has 0 spiro atoms. The summed E-state index contributed by atoms with van der Waals surface area (Å²) in [7, 11) is 0. The Kier molecular flexibility index (Phi) is 6.79. The van der Waals surface area contributed by atoms with Crippen molar-refractivity contribution >= 4 is 40.5 Å². The van der Waals surface area contributed by atoms with Gasteiger partial charge < -0.3 is 5.32 Å². The van der Waals surface area contributed by atoms with Gasteiger partial charge in [0.25, 0.3) is 0 Å². The zero-order valence-electron chi connectivity index (χ0n) is 11.9. The minimum atomic E-state index is 0.371. The number of nitrogens with one attached hydrogen (secondary N) is 1.